The third-order valence-electron chi connectivity index (χ3n) is 6.07. The summed E-state index contributed by atoms with van der Waals surface area (Å²) in [6.45, 7) is 9.59. The first-order valence-electron chi connectivity index (χ1n) is 9.75. The van der Waals surface area contributed by atoms with Crippen LogP contribution < -0.4 is 5.19 Å². The van der Waals surface area contributed by atoms with Gasteiger partial charge in [0.05, 0.1) is 8.07 Å². The maximum atomic E-state index is 2.47. The third kappa shape index (κ3) is 3.60. The van der Waals surface area contributed by atoms with Crippen LogP contribution in [0.3, 0.4) is 0 Å². The Bertz CT molecular complexity index is 890. The Hall–Kier alpha value is -0.850. The van der Waals surface area contributed by atoms with Gasteiger partial charge in [0.1, 0.15) is 0 Å². The predicted molar refractivity (Wildman–Crippen MR) is 114 cm³/mol. The number of hydrogen-bond donors (Lipinski definition) is 0. The van der Waals surface area contributed by atoms with Gasteiger partial charge in [0.2, 0.25) is 0 Å². The fourth-order valence-corrected chi connectivity index (χ4v) is 5.75. The molecule has 1 fully saturated rings. The second kappa shape index (κ2) is 7.64. The van der Waals surface area contributed by atoms with Gasteiger partial charge in [0, 0.05) is 26.2 Å². The molecule has 0 atom stereocenters. The van der Waals surface area contributed by atoms with E-state index in [1.165, 1.54) is 58.3 Å². The minimum absolute atomic E-state index is 0. The molecule has 0 aromatic heterocycles. The van der Waals surface area contributed by atoms with E-state index in [1.54, 1.807) is 5.56 Å². The summed E-state index contributed by atoms with van der Waals surface area (Å²) >= 11 is 0. The molecule has 0 heterocycles. The molecule has 0 radical (unpaired) electrons. The Morgan fingerprint density at radius 2 is 1.58 bits per heavy atom. The first kappa shape index (κ1) is 19.9. The summed E-state index contributed by atoms with van der Waals surface area (Å²) in [5.41, 5.74) is 5.89. The summed E-state index contributed by atoms with van der Waals surface area (Å²) < 4.78 is 0. The second-order valence-electron chi connectivity index (χ2n) is 8.80. The van der Waals surface area contributed by atoms with Gasteiger partial charge in [-0.15, -0.1) is 34.5 Å². The Morgan fingerprint density at radius 3 is 2.19 bits per heavy atom. The summed E-state index contributed by atoms with van der Waals surface area (Å²) in [5.74, 6) is 0.787. The molecule has 3 aromatic rings. The van der Waals surface area contributed by atoms with E-state index < -0.39 is 8.07 Å². The zero-order chi connectivity index (χ0) is 17.6. The van der Waals surface area contributed by atoms with Crippen LogP contribution in [0.5, 0.6) is 0 Å². The summed E-state index contributed by atoms with van der Waals surface area (Å²) in [5, 5.41) is 4.44. The summed E-state index contributed by atoms with van der Waals surface area (Å²) in [6.07, 6.45) is 5.54. The molecule has 134 valence electrons. The molecule has 4 rings (SSSR count). The average molecular weight is 437 g/mol. The van der Waals surface area contributed by atoms with Crippen molar-refractivity contribution in [3.63, 3.8) is 0 Å². The molecule has 0 aliphatic heterocycles. The average Bonchev–Trinajstić information content (AvgIpc) is 3.22. The Labute approximate surface area is 178 Å². The molecule has 0 amide bonds. The van der Waals surface area contributed by atoms with Crippen LogP contribution in [0.15, 0.2) is 48.5 Å². The Balaban J connectivity index is 0.00000196. The van der Waals surface area contributed by atoms with E-state index in [1.807, 2.05) is 0 Å². The van der Waals surface area contributed by atoms with Crippen molar-refractivity contribution in [3.05, 3.63) is 59.7 Å². The zero-order valence-electron chi connectivity index (χ0n) is 16.5. The van der Waals surface area contributed by atoms with Gasteiger partial charge in [0.15, 0.2) is 0 Å². The smallest absolute Gasteiger partial charge is 0.0775 e. The minimum atomic E-state index is -1.24. The minimum Gasteiger partial charge on any atom is -0.152 e. The normalized spacial score (nSPS) is 15.4. The van der Waals surface area contributed by atoms with Crippen molar-refractivity contribution in [2.45, 2.75) is 58.2 Å². The first-order valence-corrected chi connectivity index (χ1v) is 13.2. The quantitative estimate of drug-likeness (QED) is 0.315. The van der Waals surface area contributed by atoms with E-state index >= 15 is 0 Å². The molecule has 26 heavy (non-hydrogen) atoms. The van der Waals surface area contributed by atoms with Gasteiger partial charge in [-0.1, -0.05) is 80.5 Å². The topological polar surface area (TPSA) is 0 Å². The number of benzene rings is 2. The van der Waals surface area contributed by atoms with E-state index in [2.05, 4.69) is 75.1 Å². The van der Waals surface area contributed by atoms with Gasteiger partial charge in [-0.05, 0) is 24.3 Å². The molecule has 1 saturated carbocycles. The van der Waals surface area contributed by atoms with Crippen LogP contribution >= 0.6 is 0 Å². The molecule has 0 spiro atoms. The van der Waals surface area contributed by atoms with Crippen LogP contribution in [0.25, 0.3) is 21.9 Å². The van der Waals surface area contributed by atoms with Crippen LogP contribution in [0.2, 0.25) is 19.6 Å². The van der Waals surface area contributed by atoms with Crippen molar-refractivity contribution >= 4 is 24.0 Å². The maximum Gasteiger partial charge on any atom is 0.0775 e. The van der Waals surface area contributed by atoms with Gasteiger partial charge >= 0.3 is 0 Å². The molecule has 0 unspecified atom stereocenters. The Kier molecular flexibility index (Phi) is 5.85. The number of hydrogen-bond acceptors (Lipinski definition) is 0. The van der Waals surface area contributed by atoms with Crippen molar-refractivity contribution in [1.82, 2.24) is 0 Å². The largest absolute Gasteiger partial charge is 0.152 e. The molecule has 1 aliphatic rings. The molecule has 0 bridgehead atoms. The van der Waals surface area contributed by atoms with Gasteiger partial charge in [0.25, 0.3) is 0 Å². The monoisotopic (exact) mass is 435 g/mol. The molecular formula is C24H29SiZr-. The fraction of sp³-hybridized carbons (Fsp3) is 0.375. The maximum absolute atomic E-state index is 2.47. The van der Waals surface area contributed by atoms with Gasteiger partial charge in [-0.25, -0.2) is 0 Å². The van der Waals surface area contributed by atoms with Crippen molar-refractivity contribution in [2.24, 2.45) is 0 Å². The van der Waals surface area contributed by atoms with Gasteiger partial charge in [-0.3, -0.25) is 0 Å². The van der Waals surface area contributed by atoms with E-state index in [0.717, 1.165) is 5.92 Å². The summed E-state index contributed by atoms with van der Waals surface area (Å²) in [4.78, 5) is 0. The van der Waals surface area contributed by atoms with Crippen LogP contribution in [0.1, 0.15) is 42.7 Å². The molecule has 2 heteroatoms. The summed E-state index contributed by atoms with van der Waals surface area (Å²) in [6, 6.07) is 18.7. The molecule has 0 N–H and O–H groups in total. The van der Waals surface area contributed by atoms with Crippen LogP contribution in [0.4, 0.5) is 0 Å². The molecule has 1 aliphatic carbocycles. The SMILES string of the molecule is Cc1c(C2CCCC2)[cH-]c2cccc(-c3ccc([Si](C)(C)C)cc3)c12.[Zr]. The van der Waals surface area contributed by atoms with E-state index in [4.69, 9.17) is 0 Å². The fourth-order valence-electron chi connectivity index (χ4n) is 4.58. The van der Waals surface area contributed by atoms with Gasteiger partial charge < -0.3 is 0 Å². The second-order valence-corrected chi connectivity index (χ2v) is 13.9. The number of aryl methyl sites for hydroxylation is 1. The zero-order valence-corrected chi connectivity index (χ0v) is 20.0. The molecular weight excluding hydrogens is 408 g/mol. The van der Waals surface area contributed by atoms with E-state index in [9.17, 15) is 0 Å². The molecule has 0 saturated heterocycles. The standard InChI is InChI=1S/C24H29Si.Zr/c1-17-23(18-8-5-6-9-18)16-20-10-7-11-22(24(17)20)19-12-14-21(15-13-19)25(2,3)4;/h7,10-16,18H,5-6,8-9H2,1-4H3;/q-1;. The molecule has 3 aromatic carbocycles. The van der Waals surface area contributed by atoms with Crippen molar-refractivity contribution in [2.75, 3.05) is 0 Å². The van der Waals surface area contributed by atoms with Crippen molar-refractivity contribution in [3.8, 4) is 11.1 Å². The Morgan fingerprint density at radius 1 is 0.923 bits per heavy atom. The third-order valence-corrected chi connectivity index (χ3v) is 8.14. The van der Waals surface area contributed by atoms with Crippen LogP contribution in [0, 0.1) is 6.92 Å². The van der Waals surface area contributed by atoms with E-state index in [0.29, 0.717) is 0 Å². The number of fused-ring (bicyclic) bond motifs is 1. The van der Waals surface area contributed by atoms with Crippen LogP contribution in [-0.2, 0) is 26.2 Å². The first-order chi connectivity index (χ1) is 11.9. The predicted octanol–water partition coefficient (Wildman–Crippen LogP) is 6.73. The van der Waals surface area contributed by atoms with E-state index in [-0.39, 0.29) is 26.2 Å². The van der Waals surface area contributed by atoms with Crippen molar-refractivity contribution in [1.29, 1.82) is 0 Å². The summed E-state index contributed by atoms with van der Waals surface area (Å²) in [7, 11) is -1.24. The number of rotatable bonds is 3. The van der Waals surface area contributed by atoms with Crippen LogP contribution in [-0.4, -0.2) is 8.07 Å². The van der Waals surface area contributed by atoms with Crippen molar-refractivity contribution < 1.29 is 26.2 Å². The van der Waals surface area contributed by atoms with Gasteiger partial charge in [-0.2, -0.15) is 5.56 Å². The molecule has 0 nitrogen and oxygen atoms in total.